The van der Waals surface area contributed by atoms with Gasteiger partial charge < -0.3 is 10.2 Å². The van der Waals surface area contributed by atoms with Gasteiger partial charge in [-0.25, -0.2) is 0 Å². The van der Waals surface area contributed by atoms with E-state index in [1.54, 1.807) is 12.2 Å². The van der Waals surface area contributed by atoms with Crippen LogP contribution in [0.5, 0.6) is 0 Å². The highest BCUT2D eigenvalue weighted by Crippen LogP contribution is 2.29. The standard InChI is InChI=1S/C13H19N3O2/c1-13(2)5-3-4-11(16(17)18)12(10-13)15-8-6-14-7-9-15/h3-5,10,14H,6-9H2,1-2H3. The molecule has 0 unspecified atom stereocenters. The van der Waals surface area contributed by atoms with Gasteiger partial charge in [-0.15, -0.1) is 0 Å². The molecule has 1 fully saturated rings. The Labute approximate surface area is 107 Å². The second-order valence-corrected chi connectivity index (χ2v) is 5.26. The van der Waals surface area contributed by atoms with Gasteiger partial charge in [0.05, 0.1) is 4.92 Å². The lowest BCUT2D eigenvalue weighted by molar-refractivity contribution is -0.422. The van der Waals surface area contributed by atoms with Gasteiger partial charge in [-0.1, -0.05) is 26.0 Å². The van der Waals surface area contributed by atoms with Gasteiger partial charge in [-0.3, -0.25) is 10.1 Å². The average Bonchev–Trinajstić information content (AvgIpc) is 2.48. The molecular weight excluding hydrogens is 230 g/mol. The number of allylic oxidation sites excluding steroid dienone is 4. The summed E-state index contributed by atoms with van der Waals surface area (Å²) in [6, 6.07) is 0. The molecule has 2 aliphatic rings. The first-order valence-corrected chi connectivity index (χ1v) is 6.22. The molecule has 0 amide bonds. The molecule has 1 N–H and O–H groups in total. The van der Waals surface area contributed by atoms with Crippen molar-refractivity contribution in [2.24, 2.45) is 5.41 Å². The van der Waals surface area contributed by atoms with Gasteiger partial charge in [-0.2, -0.15) is 0 Å². The Morgan fingerprint density at radius 1 is 1.39 bits per heavy atom. The van der Waals surface area contributed by atoms with Crippen molar-refractivity contribution in [2.75, 3.05) is 26.2 Å². The molecule has 0 aromatic heterocycles. The minimum atomic E-state index is -0.292. The third-order valence-electron chi connectivity index (χ3n) is 3.21. The fraction of sp³-hybridized carbons (Fsp3) is 0.538. The molecule has 1 saturated heterocycles. The van der Waals surface area contributed by atoms with E-state index in [1.807, 2.05) is 12.2 Å². The number of nitrogens with one attached hydrogen (secondary N) is 1. The molecule has 0 radical (unpaired) electrons. The first kappa shape index (κ1) is 12.8. The molecule has 5 nitrogen and oxygen atoms in total. The summed E-state index contributed by atoms with van der Waals surface area (Å²) in [7, 11) is 0. The smallest absolute Gasteiger partial charge is 0.292 e. The van der Waals surface area contributed by atoms with Gasteiger partial charge in [0.25, 0.3) is 5.70 Å². The van der Waals surface area contributed by atoms with Crippen LogP contribution in [0.3, 0.4) is 0 Å². The second kappa shape index (κ2) is 4.94. The van der Waals surface area contributed by atoms with Crippen LogP contribution in [0.15, 0.2) is 35.7 Å². The number of nitrogens with zero attached hydrogens (tertiary/aromatic N) is 2. The molecule has 0 spiro atoms. The van der Waals surface area contributed by atoms with E-state index in [-0.39, 0.29) is 16.0 Å². The molecule has 0 bridgehead atoms. The predicted molar refractivity (Wildman–Crippen MR) is 70.5 cm³/mol. The molecular formula is C13H19N3O2. The van der Waals surface area contributed by atoms with E-state index in [0.29, 0.717) is 0 Å². The van der Waals surface area contributed by atoms with Gasteiger partial charge in [0, 0.05) is 37.7 Å². The predicted octanol–water partition coefficient (Wildman–Crippen LogP) is 1.53. The van der Waals surface area contributed by atoms with Gasteiger partial charge in [0.2, 0.25) is 0 Å². The maximum atomic E-state index is 11.2. The normalized spacial score (nSPS) is 23.1. The van der Waals surface area contributed by atoms with Crippen molar-refractivity contribution in [1.82, 2.24) is 10.2 Å². The summed E-state index contributed by atoms with van der Waals surface area (Å²) in [5, 5.41) is 14.5. The van der Waals surface area contributed by atoms with E-state index in [4.69, 9.17) is 0 Å². The van der Waals surface area contributed by atoms with Gasteiger partial charge in [0.1, 0.15) is 5.70 Å². The van der Waals surface area contributed by atoms with Crippen LogP contribution in [0.2, 0.25) is 0 Å². The summed E-state index contributed by atoms with van der Waals surface area (Å²) < 4.78 is 0. The Bertz CT molecular complexity index is 430. The first-order valence-electron chi connectivity index (χ1n) is 6.22. The fourth-order valence-electron chi connectivity index (χ4n) is 2.26. The van der Waals surface area contributed by atoms with Crippen LogP contribution < -0.4 is 5.32 Å². The monoisotopic (exact) mass is 249 g/mol. The van der Waals surface area contributed by atoms with E-state index < -0.39 is 0 Å². The van der Waals surface area contributed by atoms with Crippen LogP contribution in [0, 0.1) is 15.5 Å². The summed E-state index contributed by atoms with van der Waals surface area (Å²) >= 11 is 0. The Kier molecular flexibility index (Phi) is 3.52. The Morgan fingerprint density at radius 2 is 2.06 bits per heavy atom. The number of hydrogen-bond acceptors (Lipinski definition) is 4. The molecule has 5 heteroatoms. The quantitative estimate of drug-likeness (QED) is 0.595. The van der Waals surface area contributed by atoms with Crippen molar-refractivity contribution < 1.29 is 4.92 Å². The molecule has 1 aliphatic carbocycles. The zero-order chi connectivity index (χ0) is 13.2. The molecule has 0 atom stereocenters. The molecule has 0 aromatic rings. The SMILES string of the molecule is CC1(C)C=CC=C([N+](=O)[O-])C(N2CCNCC2)=C1. The number of rotatable bonds is 2. The zero-order valence-electron chi connectivity index (χ0n) is 10.8. The maximum absolute atomic E-state index is 11.2. The summed E-state index contributed by atoms with van der Waals surface area (Å²) in [4.78, 5) is 13.0. The van der Waals surface area contributed by atoms with E-state index in [9.17, 15) is 10.1 Å². The topological polar surface area (TPSA) is 58.4 Å². The van der Waals surface area contributed by atoms with Crippen LogP contribution >= 0.6 is 0 Å². The maximum Gasteiger partial charge on any atom is 0.292 e. The largest absolute Gasteiger partial charge is 0.364 e. The van der Waals surface area contributed by atoms with Crippen LogP contribution in [-0.2, 0) is 0 Å². The molecule has 98 valence electrons. The fourth-order valence-corrected chi connectivity index (χ4v) is 2.26. The Hall–Kier alpha value is -1.62. The van der Waals surface area contributed by atoms with Crippen molar-refractivity contribution >= 4 is 0 Å². The lowest BCUT2D eigenvalue weighted by Gasteiger charge is -2.31. The summed E-state index contributed by atoms with van der Waals surface area (Å²) in [6.07, 6.45) is 7.37. The lowest BCUT2D eigenvalue weighted by atomic mass is 9.92. The van der Waals surface area contributed by atoms with Crippen molar-refractivity contribution in [3.8, 4) is 0 Å². The van der Waals surface area contributed by atoms with Crippen molar-refractivity contribution in [3.05, 3.63) is 45.8 Å². The molecule has 18 heavy (non-hydrogen) atoms. The van der Waals surface area contributed by atoms with E-state index in [2.05, 4.69) is 24.1 Å². The van der Waals surface area contributed by atoms with Crippen molar-refractivity contribution in [3.63, 3.8) is 0 Å². The van der Waals surface area contributed by atoms with Crippen molar-refractivity contribution in [1.29, 1.82) is 0 Å². The van der Waals surface area contributed by atoms with Crippen LogP contribution in [0.4, 0.5) is 0 Å². The van der Waals surface area contributed by atoms with Gasteiger partial charge in [0.15, 0.2) is 0 Å². The third-order valence-corrected chi connectivity index (χ3v) is 3.21. The molecule has 1 aliphatic heterocycles. The molecule has 0 aromatic carbocycles. The molecule has 1 heterocycles. The summed E-state index contributed by atoms with van der Waals surface area (Å²) in [6.45, 7) is 7.48. The zero-order valence-corrected chi connectivity index (χ0v) is 10.8. The molecule has 0 saturated carbocycles. The van der Waals surface area contributed by atoms with Crippen LogP contribution in [0.1, 0.15) is 13.8 Å². The highest BCUT2D eigenvalue weighted by molar-refractivity contribution is 5.34. The first-order chi connectivity index (χ1) is 8.49. The lowest BCUT2D eigenvalue weighted by Crippen LogP contribution is -2.43. The average molecular weight is 249 g/mol. The number of nitro groups is 1. The summed E-state index contributed by atoms with van der Waals surface area (Å²) in [5.41, 5.74) is 0.782. The van der Waals surface area contributed by atoms with E-state index in [0.717, 1.165) is 31.9 Å². The highest BCUT2D eigenvalue weighted by Gasteiger charge is 2.28. The number of piperazine rings is 1. The highest BCUT2D eigenvalue weighted by atomic mass is 16.6. The molecule has 2 rings (SSSR count). The second-order valence-electron chi connectivity index (χ2n) is 5.26. The van der Waals surface area contributed by atoms with Crippen molar-refractivity contribution in [2.45, 2.75) is 13.8 Å². The minimum Gasteiger partial charge on any atom is -0.364 e. The minimum absolute atomic E-state index is 0.158. The van der Waals surface area contributed by atoms with Crippen LogP contribution in [0.25, 0.3) is 0 Å². The number of hydrogen-bond donors (Lipinski definition) is 1. The Balaban J connectivity index is 2.36. The van der Waals surface area contributed by atoms with E-state index in [1.165, 1.54) is 0 Å². The Morgan fingerprint density at radius 3 is 2.67 bits per heavy atom. The third kappa shape index (κ3) is 2.79. The van der Waals surface area contributed by atoms with Gasteiger partial charge in [-0.05, 0) is 6.08 Å². The van der Waals surface area contributed by atoms with Crippen LogP contribution in [-0.4, -0.2) is 36.0 Å². The summed E-state index contributed by atoms with van der Waals surface area (Å²) in [5.74, 6) is 0. The van der Waals surface area contributed by atoms with E-state index >= 15 is 0 Å². The van der Waals surface area contributed by atoms with Gasteiger partial charge >= 0.3 is 0 Å².